The molecule has 0 aromatic carbocycles. The zero-order valence-electron chi connectivity index (χ0n) is 12.0. The number of piperidine rings is 1. The molecule has 1 fully saturated rings. The van der Waals surface area contributed by atoms with Gasteiger partial charge in [0.25, 0.3) is 0 Å². The van der Waals surface area contributed by atoms with Crippen molar-refractivity contribution in [3.05, 3.63) is 0 Å². The summed E-state index contributed by atoms with van der Waals surface area (Å²) in [4.78, 5) is 36.3. The minimum absolute atomic E-state index is 0.122. The first kappa shape index (κ1) is 16.3. The Morgan fingerprint density at radius 3 is 2.25 bits per heavy atom. The molecule has 1 aliphatic rings. The van der Waals surface area contributed by atoms with Gasteiger partial charge in [0.1, 0.15) is 12.1 Å². The second kappa shape index (κ2) is 7.72. The number of amides is 3. The molecular formula is C13H23N3O4. The highest BCUT2D eigenvalue weighted by atomic mass is 16.4. The van der Waals surface area contributed by atoms with Crippen LogP contribution in [0.15, 0.2) is 0 Å². The average Bonchev–Trinajstić information content (AvgIpc) is 2.44. The van der Waals surface area contributed by atoms with Crippen LogP contribution in [0.2, 0.25) is 0 Å². The molecule has 7 nitrogen and oxygen atoms in total. The Kier molecular flexibility index (Phi) is 6.27. The van der Waals surface area contributed by atoms with E-state index in [0.29, 0.717) is 0 Å². The van der Waals surface area contributed by atoms with Crippen LogP contribution in [0, 0.1) is 0 Å². The molecule has 1 heterocycles. The summed E-state index contributed by atoms with van der Waals surface area (Å²) in [6, 6.07) is -2.22. The van der Waals surface area contributed by atoms with Gasteiger partial charge in [0.05, 0.1) is 0 Å². The van der Waals surface area contributed by atoms with Gasteiger partial charge < -0.3 is 20.6 Å². The Labute approximate surface area is 118 Å². The molecule has 3 N–H and O–H groups in total. The van der Waals surface area contributed by atoms with E-state index >= 15 is 0 Å². The molecule has 2 atom stereocenters. The molecule has 0 aromatic heterocycles. The van der Waals surface area contributed by atoms with Crippen LogP contribution in [0.4, 0.5) is 4.79 Å². The third kappa shape index (κ3) is 4.71. The monoisotopic (exact) mass is 285 g/mol. The minimum Gasteiger partial charge on any atom is -0.480 e. The Hall–Kier alpha value is -1.79. The molecule has 0 aliphatic carbocycles. The van der Waals surface area contributed by atoms with E-state index in [1.54, 1.807) is 18.7 Å². The fourth-order valence-corrected chi connectivity index (χ4v) is 2.18. The first-order chi connectivity index (χ1) is 9.45. The van der Waals surface area contributed by atoms with E-state index in [1.807, 2.05) is 0 Å². The lowest BCUT2D eigenvalue weighted by molar-refractivity contribution is -0.139. The van der Waals surface area contributed by atoms with E-state index in [-0.39, 0.29) is 12.3 Å². The Balaban J connectivity index is 2.43. The summed E-state index contributed by atoms with van der Waals surface area (Å²) in [5.41, 5.74) is 0. The third-order valence-electron chi connectivity index (χ3n) is 3.40. The zero-order valence-corrected chi connectivity index (χ0v) is 12.0. The van der Waals surface area contributed by atoms with Crippen molar-refractivity contribution in [3.63, 3.8) is 0 Å². The van der Waals surface area contributed by atoms with Crippen LogP contribution in [0.5, 0.6) is 0 Å². The van der Waals surface area contributed by atoms with Crippen LogP contribution < -0.4 is 10.6 Å². The molecule has 20 heavy (non-hydrogen) atoms. The van der Waals surface area contributed by atoms with Crippen molar-refractivity contribution in [1.29, 1.82) is 0 Å². The number of rotatable bonds is 5. The summed E-state index contributed by atoms with van der Waals surface area (Å²) in [5.74, 6) is -1.21. The summed E-state index contributed by atoms with van der Waals surface area (Å²) in [6.45, 7) is 4.72. The summed E-state index contributed by atoms with van der Waals surface area (Å²) < 4.78 is 0. The SMILES string of the molecule is CC[C@H](NC(=O)NC(C)C(=O)N1CCCCC1)C(=O)O. The summed E-state index contributed by atoms with van der Waals surface area (Å²) in [7, 11) is 0. The van der Waals surface area contributed by atoms with Gasteiger partial charge in [-0.25, -0.2) is 9.59 Å². The van der Waals surface area contributed by atoms with Crippen LogP contribution in [0.25, 0.3) is 0 Å². The molecule has 1 saturated heterocycles. The number of carbonyl (C=O) groups excluding carboxylic acids is 2. The van der Waals surface area contributed by atoms with Crippen molar-refractivity contribution in [1.82, 2.24) is 15.5 Å². The van der Waals surface area contributed by atoms with Crippen molar-refractivity contribution >= 4 is 17.9 Å². The van der Waals surface area contributed by atoms with E-state index in [9.17, 15) is 14.4 Å². The molecule has 0 aromatic rings. The second-order valence-electron chi connectivity index (χ2n) is 5.02. The quantitative estimate of drug-likeness (QED) is 0.687. The van der Waals surface area contributed by atoms with Crippen LogP contribution in [0.3, 0.4) is 0 Å². The number of aliphatic carboxylic acids is 1. The number of urea groups is 1. The lowest BCUT2D eigenvalue weighted by Gasteiger charge is -2.29. The maximum absolute atomic E-state index is 12.1. The van der Waals surface area contributed by atoms with E-state index in [1.165, 1.54) is 0 Å². The first-order valence-electron chi connectivity index (χ1n) is 7.04. The van der Waals surface area contributed by atoms with Crippen molar-refractivity contribution in [2.45, 2.75) is 51.6 Å². The van der Waals surface area contributed by atoms with Gasteiger partial charge in [0, 0.05) is 13.1 Å². The minimum atomic E-state index is -1.09. The molecule has 1 unspecified atom stereocenters. The van der Waals surface area contributed by atoms with Crippen molar-refractivity contribution in [3.8, 4) is 0 Å². The number of nitrogens with one attached hydrogen (secondary N) is 2. The van der Waals surface area contributed by atoms with E-state index < -0.39 is 24.1 Å². The van der Waals surface area contributed by atoms with E-state index in [4.69, 9.17) is 5.11 Å². The van der Waals surface area contributed by atoms with Crippen molar-refractivity contribution in [2.75, 3.05) is 13.1 Å². The third-order valence-corrected chi connectivity index (χ3v) is 3.40. The highest BCUT2D eigenvalue weighted by Crippen LogP contribution is 2.09. The Morgan fingerprint density at radius 1 is 1.15 bits per heavy atom. The fraction of sp³-hybridized carbons (Fsp3) is 0.769. The van der Waals surface area contributed by atoms with Crippen LogP contribution in [0.1, 0.15) is 39.5 Å². The number of hydrogen-bond acceptors (Lipinski definition) is 3. The topological polar surface area (TPSA) is 98.7 Å². The Bertz CT molecular complexity index is 367. The van der Waals surface area contributed by atoms with Gasteiger partial charge in [0.2, 0.25) is 5.91 Å². The maximum Gasteiger partial charge on any atom is 0.326 e. The van der Waals surface area contributed by atoms with Crippen LogP contribution >= 0.6 is 0 Å². The largest absolute Gasteiger partial charge is 0.480 e. The molecule has 1 rings (SSSR count). The summed E-state index contributed by atoms with van der Waals surface area (Å²) >= 11 is 0. The summed E-state index contributed by atoms with van der Waals surface area (Å²) in [6.07, 6.45) is 3.39. The molecule has 0 bridgehead atoms. The van der Waals surface area contributed by atoms with E-state index in [0.717, 1.165) is 32.4 Å². The van der Waals surface area contributed by atoms with Crippen molar-refractivity contribution < 1.29 is 19.5 Å². The molecule has 3 amide bonds. The number of carboxylic acid groups (broad SMARTS) is 1. The molecule has 1 aliphatic heterocycles. The van der Waals surface area contributed by atoms with Gasteiger partial charge in [-0.1, -0.05) is 6.92 Å². The standard InChI is InChI=1S/C13H23N3O4/c1-3-10(12(18)19)15-13(20)14-9(2)11(17)16-7-5-4-6-8-16/h9-10H,3-8H2,1-2H3,(H,18,19)(H2,14,15,20)/t9?,10-/m0/s1. The van der Waals surface area contributed by atoms with Gasteiger partial charge in [-0.2, -0.15) is 0 Å². The van der Waals surface area contributed by atoms with Gasteiger partial charge in [-0.15, -0.1) is 0 Å². The van der Waals surface area contributed by atoms with Gasteiger partial charge in [-0.3, -0.25) is 4.79 Å². The highest BCUT2D eigenvalue weighted by Gasteiger charge is 2.24. The predicted octanol–water partition coefficient (Wildman–Crippen LogP) is 0.550. The average molecular weight is 285 g/mol. The highest BCUT2D eigenvalue weighted by molar-refractivity contribution is 5.88. The zero-order chi connectivity index (χ0) is 15.1. The van der Waals surface area contributed by atoms with Gasteiger partial charge in [0.15, 0.2) is 0 Å². The molecule has 0 saturated carbocycles. The van der Waals surface area contributed by atoms with Gasteiger partial charge >= 0.3 is 12.0 Å². The number of likely N-dealkylation sites (tertiary alicyclic amines) is 1. The molecular weight excluding hydrogens is 262 g/mol. The van der Waals surface area contributed by atoms with Gasteiger partial charge in [-0.05, 0) is 32.6 Å². The van der Waals surface area contributed by atoms with Crippen molar-refractivity contribution in [2.24, 2.45) is 0 Å². The second-order valence-corrected chi connectivity index (χ2v) is 5.02. The molecule has 7 heteroatoms. The molecule has 114 valence electrons. The fourth-order valence-electron chi connectivity index (χ4n) is 2.18. The van der Waals surface area contributed by atoms with Crippen LogP contribution in [-0.4, -0.2) is 53.1 Å². The number of hydrogen-bond donors (Lipinski definition) is 3. The molecule has 0 radical (unpaired) electrons. The number of carbonyl (C=O) groups is 3. The first-order valence-corrected chi connectivity index (χ1v) is 7.04. The number of carboxylic acids is 1. The lowest BCUT2D eigenvalue weighted by atomic mass is 10.1. The summed E-state index contributed by atoms with van der Waals surface area (Å²) in [5, 5.41) is 13.7. The molecule has 0 spiro atoms. The van der Waals surface area contributed by atoms with E-state index in [2.05, 4.69) is 10.6 Å². The normalized spacial score (nSPS) is 18.0. The number of nitrogens with zero attached hydrogens (tertiary/aromatic N) is 1. The maximum atomic E-state index is 12.1. The smallest absolute Gasteiger partial charge is 0.326 e. The van der Waals surface area contributed by atoms with Crippen LogP contribution in [-0.2, 0) is 9.59 Å². The lowest BCUT2D eigenvalue weighted by Crippen LogP contribution is -2.53. The Morgan fingerprint density at radius 2 is 1.75 bits per heavy atom. The predicted molar refractivity (Wildman–Crippen MR) is 73.3 cm³/mol.